The van der Waals surface area contributed by atoms with Gasteiger partial charge in [0.25, 0.3) is 0 Å². The molecule has 3 rings (SSSR count). The van der Waals surface area contributed by atoms with Crippen LogP contribution in [0.25, 0.3) is 0 Å². The van der Waals surface area contributed by atoms with E-state index >= 15 is 0 Å². The van der Waals surface area contributed by atoms with Gasteiger partial charge in [-0.2, -0.15) is 0 Å². The summed E-state index contributed by atoms with van der Waals surface area (Å²) in [5.41, 5.74) is -0.683. The molecule has 1 atom stereocenters. The van der Waals surface area contributed by atoms with Crippen LogP contribution in [0.15, 0.2) is 42.1 Å². The Labute approximate surface area is 177 Å². The minimum absolute atomic E-state index is 0.278. The monoisotopic (exact) mass is 441 g/mol. The first kappa shape index (κ1) is 21.1. The lowest BCUT2D eigenvalue weighted by Crippen LogP contribution is -2.34. The van der Waals surface area contributed by atoms with Crippen molar-refractivity contribution in [2.24, 2.45) is 0 Å². The van der Waals surface area contributed by atoms with Gasteiger partial charge >= 0.3 is 0 Å². The quantitative estimate of drug-likeness (QED) is 0.510. The Kier molecular flexibility index (Phi) is 6.95. The van der Waals surface area contributed by atoms with Crippen molar-refractivity contribution in [3.8, 4) is 0 Å². The SMILES string of the molecule is CN(C)CCn1nnnc1SCC(O)(Cn1ccnc1)c1ccc(Cl)cc1Cl. The van der Waals surface area contributed by atoms with Crippen molar-refractivity contribution < 1.29 is 5.11 Å². The Balaban J connectivity index is 1.83. The molecule has 8 nitrogen and oxygen atoms in total. The van der Waals surface area contributed by atoms with E-state index in [0.717, 1.165) is 6.54 Å². The van der Waals surface area contributed by atoms with Crippen LogP contribution in [-0.4, -0.2) is 66.2 Å². The van der Waals surface area contributed by atoms with Crippen LogP contribution in [0.4, 0.5) is 0 Å². The van der Waals surface area contributed by atoms with E-state index in [0.29, 0.717) is 33.1 Å². The maximum absolute atomic E-state index is 11.6. The first-order valence-corrected chi connectivity index (χ1v) is 10.3. The molecule has 0 radical (unpaired) electrons. The van der Waals surface area contributed by atoms with Crippen LogP contribution in [0, 0.1) is 0 Å². The van der Waals surface area contributed by atoms with E-state index in [2.05, 4.69) is 25.4 Å². The highest BCUT2D eigenvalue weighted by Gasteiger charge is 2.33. The van der Waals surface area contributed by atoms with Crippen molar-refractivity contribution in [1.82, 2.24) is 34.7 Å². The second kappa shape index (κ2) is 9.23. The zero-order valence-corrected chi connectivity index (χ0v) is 17.9. The number of tetrazole rings is 1. The molecule has 1 aromatic carbocycles. The third kappa shape index (κ3) is 5.24. The minimum atomic E-state index is -1.27. The molecule has 0 spiro atoms. The van der Waals surface area contributed by atoms with E-state index in [-0.39, 0.29) is 6.54 Å². The summed E-state index contributed by atoms with van der Waals surface area (Å²) < 4.78 is 3.53. The van der Waals surface area contributed by atoms with Crippen molar-refractivity contribution in [2.75, 3.05) is 26.4 Å². The maximum Gasteiger partial charge on any atom is 0.209 e. The van der Waals surface area contributed by atoms with Gasteiger partial charge in [0.2, 0.25) is 5.16 Å². The third-order valence-corrected chi connectivity index (χ3v) is 5.85. The molecular formula is C17H21Cl2N7OS. The molecule has 11 heteroatoms. The molecule has 0 aliphatic rings. The molecule has 0 aliphatic carbocycles. The molecule has 150 valence electrons. The molecule has 0 saturated heterocycles. The fourth-order valence-corrected chi connectivity index (χ4v) is 4.25. The summed E-state index contributed by atoms with van der Waals surface area (Å²) in [5.74, 6) is 0.300. The number of halogens is 2. The van der Waals surface area contributed by atoms with Gasteiger partial charge in [0.05, 0.1) is 19.4 Å². The number of thioether (sulfide) groups is 1. The third-order valence-electron chi connectivity index (χ3n) is 4.13. The van der Waals surface area contributed by atoms with Gasteiger partial charge in [-0.15, -0.1) is 5.10 Å². The predicted molar refractivity (Wildman–Crippen MR) is 110 cm³/mol. The Bertz CT molecular complexity index is 903. The molecule has 0 aliphatic heterocycles. The highest BCUT2D eigenvalue weighted by Crippen LogP contribution is 2.35. The van der Waals surface area contributed by atoms with E-state index in [1.54, 1.807) is 46.2 Å². The summed E-state index contributed by atoms with van der Waals surface area (Å²) in [4.78, 5) is 6.11. The van der Waals surface area contributed by atoms with Crippen LogP contribution in [-0.2, 0) is 18.7 Å². The molecule has 0 fully saturated rings. The fraction of sp³-hybridized carbons (Fsp3) is 0.412. The summed E-state index contributed by atoms with van der Waals surface area (Å²) >= 11 is 13.8. The summed E-state index contributed by atoms with van der Waals surface area (Å²) in [6, 6.07) is 5.09. The van der Waals surface area contributed by atoms with E-state index in [4.69, 9.17) is 23.2 Å². The summed E-state index contributed by atoms with van der Waals surface area (Å²) in [7, 11) is 3.98. The molecule has 1 unspecified atom stereocenters. The zero-order valence-electron chi connectivity index (χ0n) is 15.5. The van der Waals surface area contributed by atoms with Crippen molar-refractivity contribution in [2.45, 2.75) is 23.8 Å². The predicted octanol–water partition coefficient (Wildman–Crippen LogP) is 2.42. The summed E-state index contributed by atoms with van der Waals surface area (Å²) in [6.07, 6.45) is 5.11. The van der Waals surface area contributed by atoms with Crippen molar-refractivity contribution in [1.29, 1.82) is 0 Å². The number of benzene rings is 1. The number of aliphatic hydroxyl groups is 1. The topological polar surface area (TPSA) is 84.9 Å². The lowest BCUT2D eigenvalue weighted by molar-refractivity contribution is 0.0434. The number of likely N-dealkylation sites (N-methyl/N-ethyl adjacent to an activating group) is 1. The molecule has 0 saturated carbocycles. The molecule has 0 amide bonds. The van der Waals surface area contributed by atoms with Gasteiger partial charge in [-0.1, -0.05) is 41.0 Å². The molecule has 28 heavy (non-hydrogen) atoms. The number of nitrogens with zero attached hydrogens (tertiary/aromatic N) is 7. The number of hydrogen-bond donors (Lipinski definition) is 1. The Morgan fingerprint density at radius 2 is 2.11 bits per heavy atom. The van der Waals surface area contributed by atoms with Crippen LogP contribution in [0.5, 0.6) is 0 Å². The van der Waals surface area contributed by atoms with Gasteiger partial charge in [-0.05, 0) is 36.7 Å². The number of aromatic nitrogens is 6. The van der Waals surface area contributed by atoms with Crippen molar-refractivity contribution >= 4 is 35.0 Å². The number of imidazole rings is 1. The first-order chi connectivity index (χ1) is 13.4. The van der Waals surface area contributed by atoms with Gasteiger partial charge in [0.1, 0.15) is 5.60 Å². The Morgan fingerprint density at radius 3 is 2.79 bits per heavy atom. The van der Waals surface area contributed by atoms with Gasteiger partial charge in [0.15, 0.2) is 0 Å². The summed E-state index contributed by atoms with van der Waals surface area (Å²) in [5, 5.41) is 25.0. The standard InChI is InChI=1S/C17H21Cl2N7OS/c1-24(2)7-8-26-16(21-22-23-26)28-11-17(27,10-25-6-5-20-12-25)14-4-3-13(18)9-15(14)19/h3-6,9,12,27H,7-8,10-11H2,1-2H3. The maximum atomic E-state index is 11.6. The van der Waals surface area contributed by atoms with Gasteiger partial charge < -0.3 is 14.6 Å². The van der Waals surface area contributed by atoms with Crippen LogP contribution in [0.3, 0.4) is 0 Å². The second-order valence-corrected chi connectivity index (χ2v) is 8.45. The summed E-state index contributed by atoms with van der Waals surface area (Å²) in [6.45, 7) is 1.74. The van der Waals surface area contributed by atoms with Crippen molar-refractivity contribution in [3.05, 3.63) is 52.5 Å². The molecule has 0 bridgehead atoms. The van der Waals surface area contributed by atoms with E-state index < -0.39 is 5.60 Å². The van der Waals surface area contributed by atoms with Crippen LogP contribution >= 0.6 is 35.0 Å². The lowest BCUT2D eigenvalue weighted by atomic mass is 9.95. The van der Waals surface area contributed by atoms with Gasteiger partial charge in [-0.25, -0.2) is 9.67 Å². The van der Waals surface area contributed by atoms with Crippen LogP contribution in [0.1, 0.15) is 5.56 Å². The van der Waals surface area contributed by atoms with Crippen LogP contribution in [0.2, 0.25) is 10.0 Å². The molecule has 1 N–H and O–H groups in total. The first-order valence-electron chi connectivity index (χ1n) is 8.55. The van der Waals surface area contributed by atoms with Gasteiger partial charge in [-0.3, -0.25) is 0 Å². The highest BCUT2D eigenvalue weighted by atomic mass is 35.5. The normalized spacial score (nSPS) is 13.8. The number of hydrogen-bond acceptors (Lipinski definition) is 7. The Hall–Kier alpha value is -1.65. The van der Waals surface area contributed by atoms with Crippen molar-refractivity contribution in [3.63, 3.8) is 0 Å². The molecule has 3 aromatic rings. The zero-order chi connectivity index (χ0) is 20.1. The van der Waals surface area contributed by atoms with Gasteiger partial charge in [0, 0.05) is 40.3 Å². The van der Waals surface area contributed by atoms with E-state index in [1.807, 2.05) is 14.1 Å². The fourth-order valence-electron chi connectivity index (χ4n) is 2.68. The second-order valence-electron chi connectivity index (χ2n) is 6.67. The van der Waals surface area contributed by atoms with E-state index in [9.17, 15) is 5.11 Å². The number of rotatable bonds is 9. The molecular weight excluding hydrogens is 421 g/mol. The molecule has 2 heterocycles. The average molecular weight is 442 g/mol. The molecule has 2 aromatic heterocycles. The minimum Gasteiger partial charge on any atom is -0.382 e. The Morgan fingerprint density at radius 1 is 1.29 bits per heavy atom. The van der Waals surface area contributed by atoms with Crippen LogP contribution < -0.4 is 0 Å². The lowest BCUT2D eigenvalue weighted by Gasteiger charge is -2.29. The largest absolute Gasteiger partial charge is 0.382 e. The average Bonchev–Trinajstić information content (AvgIpc) is 3.29. The van der Waals surface area contributed by atoms with E-state index in [1.165, 1.54) is 11.8 Å². The highest BCUT2D eigenvalue weighted by molar-refractivity contribution is 7.99. The smallest absolute Gasteiger partial charge is 0.209 e.